The third-order valence-corrected chi connectivity index (χ3v) is 4.55. The predicted molar refractivity (Wildman–Crippen MR) is 90.5 cm³/mol. The number of amides is 1. The highest BCUT2D eigenvalue weighted by molar-refractivity contribution is 8.00. The fourth-order valence-corrected chi connectivity index (χ4v) is 2.92. The highest BCUT2D eigenvalue weighted by Crippen LogP contribution is 2.23. The summed E-state index contributed by atoms with van der Waals surface area (Å²) in [6, 6.07) is 14.7. The second kappa shape index (κ2) is 8.01. The third-order valence-electron chi connectivity index (χ3n) is 2.96. The van der Waals surface area contributed by atoms with Crippen LogP contribution in [0.4, 0.5) is 0 Å². The van der Waals surface area contributed by atoms with Crippen molar-refractivity contribution in [2.45, 2.75) is 18.4 Å². The molecule has 114 valence electrons. The van der Waals surface area contributed by atoms with Crippen LogP contribution in [0.1, 0.15) is 22.8 Å². The van der Waals surface area contributed by atoms with Crippen molar-refractivity contribution < 1.29 is 9.59 Å². The third kappa shape index (κ3) is 4.61. The Labute approximate surface area is 139 Å². The molecule has 0 saturated carbocycles. The lowest BCUT2D eigenvalue weighted by Crippen LogP contribution is -2.23. The highest BCUT2D eigenvalue weighted by Gasteiger charge is 2.12. The van der Waals surface area contributed by atoms with E-state index in [4.69, 9.17) is 11.6 Å². The van der Waals surface area contributed by atoms with Crippen molar-refractivity contribution in [2.75, 3.05) is 5.75 Å². The maximum absolute atomic E-state index is 12.3. The van der Waals surface area contributed by atoms with E-state index in [9.17, 15) is 9.59 Å². The first-order chi connectivity index (χ1) is 10.6. The highest BCUT2D eigenvalue weighted by atomic mass is 35.5. The topological polar surface area (TPSA) is 46.2 Å². The van der Waals surface area contributed by atoms with Gasteiger partial charge in [0.2, 0.25) is 0 Å². The van der Waals surface area contributed by atoms with E-state index < -0.39 is 0 Å². The molecule has 3 nitrogen and oxygen atoms in total. The molecule has 2 rings (SSSR count). The standard InChI is InChI=1S/C17H16ClNO2S/c1-12(20)11-22-16-9-5-3-7-14(16)17(21)19-10-13-6-2-4-8-15(13)18/h2-9H,10-11H2,1H3,(H,19,21). The van der Waals surface area contributed by atoms with Gasteiger partial charge in [-0.05, 0) is 30.7 Å². The number of nitrogens with one attached hydrogen (secondary N) is 1. The fraction of sp³-hybridized carbons (Fsp3) is 0.176. The summed E-state index contributed by atoms with van der Waals surface area (Å²) in [7, 11) is 0. The zero-order chi connectivity index (χ0) is 15.9. The summed E-state index contributed by atoms with van der Waals surface area (Å²) < 4.78 is 0. The van der Waals surface area contributed by atoms with Gasteiger partial charge in [0, 0.05) is 16.5 Å². The lowest BCUT2D eigenvalue weighted by Gasteiger charge is -2.10. The Morgan fingerprint density at radius 3 is 2.50 bits per heavy atom. The minimum Gasteiger partial charge on any atom is -0.348 e. The van der Waals surface area contributed by atoms with E-state index in [0.717, 1.165) is 10.5 Å². The normalized spacial score (nSPS) is 10.3. The van der Waals surface area contributed by atoms with Crippen molar-refractivity contribution in [3.8, 4) is 0 Å². The number of carbonyl (C=O) groups is 2. The van der Waals surface area contributed by atoms with Crippen molar-refractivity contribution in [2.24, 2.45) is 0 Å². The van der Waals surface area contributed by atoms with Crippen LogP contribution in [0.15, 0.2) is 53.4 Å². The van der Waals surface area contributed by atoms with Crippen molar-refractivity contribution in [3.63, 3.8) is 0 Å². The first-order valence-electron chi connectivity index (χ1n) is 6.81. The van der Waals surface area contributed by atoms with E-state index >= 15 is 0 Å². The number of halogens is 1. The minimum absolute atomic E-state index is 0.0799. The molecule has 0 bridgehead atoms. The second-order valence-corrected chi connectivity index (χ2v) is 6.19. The molecule has 5 heteroatoms. The molecule has 0 aliphatic heterocycles. The van der Waals surface area contributed by atoms with Crippen molar-refractivity contribution >= 4 is 35.1 Å². The van der Waals surface area contributed by atoms with Crippen LogP contribution < -0.4 is 5.32 Å². The van der Waals surface area contributed by atoms with E-state index in [2.05, 4.69) is 5.32 Å². The zero-order valence-electron chi connectivity index (χ0n) is 12.1. The van der Waals surface area contributed by atoms with Crippen LogP contribution in [-0.2, 0) is 11.3 Å². The largest absolute Gasteiger partial charge is 0.348 e. The van der Waals surface area contributed by atoms with Gasteiger partial charge in [0.25, 0.3) is 5.91 Å². The molecule has 0 radical (unpaired) electrons. The van der Waals surface area contributed by atoms with Gasteiger partial charge in [-0.3, -0.25) is 9.59 Å². The number of carbonyl (C=O) groups excluding carboxylic acids is 2. The molecule has 2 aromatic carbocycles. The van der Waals surface area contributed by atoms with Gasteiger partial charge in [0.1, 0.15) is 5.78 Å². The molecule has 0 aromatic heterocycles. The van der Waals surface area contributed by atoms with E-state index in [1.165, 1.54) is 18.7 Å². The van der Waals surface area contributed by atoms with E-state index in [1.54, 1.807) is 12.1 Å². The fourth-order valence-electron chi connectivity index (χ4n) is 1.87. The Balaban J connectivity index is 2.06. The van der Waals surface area contributed by atoms with Crippen LogP contribution in [0.3, 0.4) is 0 Å². The van der Waals surface area contributed by atoms with Gasteiger partial charge >= 0.3 is 0 Å². The summed E-state index contributed by atoms with van der Waals surface area (Å²) in [5.74, 6) is 0.261. The number of rotatable bonds is 6. The average Bonchev–Trinajstić information content (AvgIpc) is 2.52. The lowest BCUT2D eigenvalue weighted by atomic mass is 10.2. The van der Waals surface area contributed by atoms with Crippen LogP contribution >= 0.6 is 23.4 Å². The van der Waals surface area contributed by atoms with E-state index in [0.29, 0.717) is 22.9 Å². The number of hydrogen-bond acceptors (Lipinski definition) is 3. The van der Waals surface area contributed by atoms with Crippen molar-refractivity contribution in [3.05, 3.63) is 64.7 Å². The molecule has 0 saturated heterocycles. The van der Waals surface area contributed by atoms with Gasteiger partial charge in [-0.25, -0.2) is 0 Å². The van der Waals surface area contributed by atoms with Crippen LogP contribution in [0.2, 0.25) is 5.02 Å². The molecule has 2 aromatic rings. The Morgan fingerprint density at radius 2 is 1.77 bits per heavy atom. The number of hydrogen-bond donors (Lipinski definition) is 1. The SMILES string of the molecule is CC(=O)CSc1ccccc1C(=O)NCc1ccccc1Cl. The first kappa shape index (κ1) is 16.6. The summed E-state index contributed by atoms with van der Waals surface area (Å²) in [5, 5.41) is 3.49. The lowest BCUT2D eigenvalue weighted by molar-refractivity contribution is -0.114. The number of ketones is 1. The quantitative estimate of drug-likeness (QED) is 0.814. The van der Waals surface area contributed by atoms with Crippen LogP contribution in [0, 0.1) is 0 Å². The molecule has 22 heavy (non-hydrogen) atoms. The van der Waals surface area contributed by atoms with Gasteiger partial charge < -0.3 is 5.32 Å². The molecular formula is C17H16ClNO2S. The Hall–Kier alpha value is -1.78. The smallest absolute Gasteiger partial charge is 0.252 e. The summed E-state index contributed by atoms with van der Waals surface area (Å²) in [6.45, 7) is 1.90. The maximum Gasteiger partial charge on any atom is 0.252 e. The summed E-state index contributed by atoms with van der Waals surface area (Å²) in [6.07, 6.45) is 0. The van der Waals surface area contributed by atoms with Gasteiger partial charge in [-0.15, -0.1) is 11.8 Å². The molecule has 0 aliphatic carbocycles. The zero-order valence-corrected chi connectivity index (χ0v) is 13.7. The van der Waals surface area contributed by atoms with Gasteiger partial charge in [-0.2, -0.15) is 0 Å². The van der Waals surface area contributed by atoms with Crippen molar-refractivity contribution in [1.29, 1.82) is 0 Å². The molecule has 0 atom stereocenters. The molecular weight excluding hydrogens is 318 g/mol. The molecule has 0 fully saturated rings. The Morgan fingerprint density at radius 1 is 1.09 bits per heavy atom. The monoisotopic (exact) mass is 333 g/mol. The number of thioether (sulfide) groups is 1. The Kier molecular flexibility index (Phi) is 6.04. The van der Waals surface area contributed by atoms with Gasteiger partial charge in [0.15, 0.2) is 0 Å². The number of benzene rings is 2. The van der Waals surface area contributed by atoms with Crippen LogP contribution in [0.5, 0.6) is 0 Å². The number of Topliss-reactive ketones (excluding diaryl/α,β-unsaturated/α-hetero) is 1. The van der Waals surface area contributed by atoms with E-state index in [1.807, 2.05) is 36.4 Å². The summed E-state index contributed by atoms with van der Waals surface area (Å²) in [4.78, 5) is 24.3. The summed E-state index contributed by atoms with van der Waals surface area (Å²) in [5.41, 5.74) is 1.44. The molecule has 1 amide bonds. The van der Waals surface area contributed by atoms with Crippen LogP contribution in [0.25, 0.3) is 0 Å². The molecule has 0 aliphatic rings. The van der Waals surface area contributed by atoms with Crippen LogP contribution in [-0.4, -0.2) is 17.4 Å². The average molecular weight is 334 g/mol. The minimum atomic E-state index is -0.174. The Bertz CT molecular complexity index is 688. The van der Waals surface area contributed by atoms with Gasteiger partial charge in [-0.1, -0.05) is 41.9 Å². The second-order valence-electron chi connectivity index (χ2n) is 4.76. The summed E-state index contributed by atoms with van der Waals surface area (Å²) >= 11 is 7.45. The first-order valence-corrected chi connectivity index (χ1v) is 8.17. The molecule has 0 unspecified atom stereocenters. The molecule has 0 heterocycles. The van der Waals surface area contributed by atoms with E-state index in [-0.39, 0.29) is 11.7 Å². The van der Waals surface area contributed by atoms with Gasteiger partial charge in [0.05, 0.1) is 11.3 Å². The van der Waals surface area contributed by atoms with Crippen molar-refractivity contribution in [1.82, 2.24) is 5.32 Å². The predicted octanol–water partition coefficient (Wildman–Crippen LogP) is 3.95. The molecule has 0 spiro atoms. The molecule has 1 N–H and O–H groups in total. The maximum atomic E-state index is 12.3.